The number of hydrogen-bond acceptors (Lipinski definition) is 1. The van der Waals surface area contributed by atoms with E-state index < -0.39 is 0 Å². The molecular formula is C16H22O. The Morgan fingerprint density at radius 1 is 1.29 bits per heavy atom. The first-order chi connectivity index (χ1) is 8.08. The maximum absolute atomic E-state index is 5.59. The SMILES string of the molecule is C/C(=C\Cc1ccccc1)CCC1OC1(C)C. The van der Waals surface area contributed by atoms with Crippen molar-refractivity contribution in [3.05, 3.63) is 47.5 Å². The van der Waals surface area contributed by atoms with Crippen molar-refractivity contribution in [3.63, 3.8) is 0 Å². The van der Waals surface area contributed by atoms with Gasteiger partial charge in [0.2, 0.25) is 0 Å². The van der Waals surface area contributed by atoms with Gasteiger partial charge in [-0.3, -0.25) is 0 Å². The molecule has 0 spiro atoms. The zero-order chi connectivity index (χ0) is 12.3. The predicted octanol–water partition coefficient (Wildman–Crippen LogP) is 4.13. The van der Waals surface area contributed by atoms with Crippen LogP contribution in [0.5, 0.6) is 0 Å². The van der Waals surface area contributed by atoms with Crippen molar-refractivity contribution in [1.29, 1.82) is 0 Å². The maximum Gasteiger partial charge on any atom is 0.0892 e. The largest absolute Gasteiger partial charge is 0.367 e. The summed E-state index contributed by atoms with van der Waals surface area (Å²) in [6.45, 7) is 6.56. The van der Waals surface area contributed by atoms with Gasteiger partial charge in [-0.05, 0) is 45.6 Å². The molecule has 0 bridgehead atoms. The molecule has 1 heterocycles. The summed E-state index contributed by atoms with van der Waals surface area (Å²) in [6, 6.07) is 10.6. The van der Waals surface area contributed by atoms with Crippen LogP contribution in [0.15, 0.2) is 42.0 Å². The maximum atomic E-state index is 5.59. The molecule has 1 unspecified atom stereocenters. The number of allylic oxidation sites excluding steroid dienone is 2. The Morgan fingerprint density at radius 3 is 2.53 bits per heavy atom. The highest BCUT2D eigenvalue weighted by Crippen LogP contribution is 2.38. The molecule has 0 saturated carbocycles. The summed E-state index contributed by atoms with van der Waals surface area (Å²) in [7, 11) is 0. The Kier molecular flexibility index (Phi) is 3.68. The lowest BCUT2D eigenvalue weighted by molar-refractivity contribution is 0.320. The van der Waals surface area contributed by atoms with E-state index in [-0.39, 0.29) is 5.60 Å². The van der Waals surface area contributed by atoms with Crippen LogP contribution in [-0.4, -0.2) is 11.7 Å². The van der Waals surface area contributed by atoms with E-state index >= 15 is 0 Å². The molecule has 17 heavy (non-hydrogen) atoms. The van der Waals surface area contributed by atoms with E-state index in [4.69, 9.17) is 4.74 Å². The Labute approximate surface area is 104 Å². The molecule has 0 aromatic heterocycles. The Bertz CT molecular complexity index is 389. The van der Waals surface area contributed by atoms with E-state index in [0.717, 1.165) is 19.3 Å². The topological polar surface area (TPSA) is 12.5 Å². The second-order valence-electron chi connectivity index (χ2n) is 5.49. The highest BCUT2D eigenvalue weighted by atomic mass is 16.6. The van der Waals surface area contributed by atoms with Crippen molar-refractivity contribution in [2.24, 2.45) is 0 Å². The van der Waals surface area contributed by atoms with E-state index in [0.29, 0.717) is 6.10 Å². The Morgan fingerprint density at radius 2 is 1.94 bits per heavy atom. The molecular weight excluding hydrogens is 208 g/mol. The summed E-state index contributed by atoms with van der Waals surface area (Å²) < 4.78 is 5.59. The minimum atomic E-state index is 0.139. The van der Waals surface area contributed by atoms with Crippen LogP contribution in [-0.2, 0) is 11.2 Å². The van der Waals surface area contributed by atoms with Gasteiger partial charge in [-0.1, -0.05) is 42.0 Å². The van der Waals surface area contributed by atoms with Crippen molar-refractivity contribution in [2.45, 2.75) is 51.7 Å². The normalized spacial score (nSPS) is 22.5. The first-order valence-corrected chi connectivity index (χ1v) is 6.45. The zero-order valence-corrected chi connectivity index (χ0v) is 11.1. The molecule has 1 fully saturated rings. The van der Waals surface area contributed by atoms with Gasteiger partial charge < -0.3 is 4.74 Å². The summed E-state index contributed by atoms with van der Waals surface area (Å²) >= 11 is 0. The van der Waals surface area contributed by atoms with Crippen LogP contribution >= 0.6 is 0 Å². The average Bonchev–Trinajstić information content (AvgIpc) is 2.93. The van der Waals surface area contributed by atoms with Gasteiger partial charge in [0.1, 0.15) is 0 Å². The van der Waals surface area contributed by atoms with Gasteiger partial charge in [0.15, 0.2) is 0 Å². The third-order valence-corrected chi connectivity index (χ3v) is 3.49. The first kappa shape index (κ1) is 12.4. The summed E-state index contributed by atoms with van der Waals surface area (Å²) in [6.07, 6.45) is 6.17. The lowest BCUT2D eigenvalue weighted by Gasteiger charge is -2.01. The average molecular weight is 230 g/mol. The van der Waals surface area contributed by atoms with Crippen molar-refractivity contribution in [3.8, 4) is 0 Å². The number of epoxide rings is 1. The second kappa shape index (κ2) is 5.05. The molecule has 1 saturated heterocycles. The van der Waals surface area contributed by atoms with Gasteiger partial charge in [-0.15, -0.1) is 0 Å². The fourth-order valence-corrected chi connectivity index (χ4v) is 2.11. The fraction of sp³-hybridized carbons (Fsp3) is 0.500. The van der Waals surface area contributed by atoms with Crippen LogP contribution in [0.25, 0.3) is 0 Å². The third kappa shape index (κ3) is 3.71. The standard InChI is InChI=1S/C16H22O/c1-13(10-12-15-16(2,3)17-15)9-11-14-7-5-4-6-8-14/h4-9,15H,10-12H2,1-3H3/b13-9+. The van der Waals surface area contributed by atoms with Gasteiger partial charge in [0.25, 0.3) is 0 Å². The molecule has 0 amide bonds. The molecule has 1 atom stereocenters. The van der Waals surface area contributed by atoms with E-state index in [9.17, 15) is 0 Å². The molecule has 0 radical (unpaired) electrons. The van der Waals surface area contributed by atoms with Crippen LogP contribution in [0.2, 0.25) is 0 Å². The molecule has 1 aromatic carbocycles. The number of ether oxygens (including phenoxy) is 1. The van der Waals surface area contributed by atoms with Crippen molar-refractivity contribution < 1.29 is 4.74 Å². The predicted molar refractivity (Wildman–Crippen MR) is 72.1 cm³/mol. The highest BCUT2D eigenvalue weighted by molar-refractivity contribution is 5.19. The van der Waals surface area contributed by atoms with Gasteiger partial charge in [-0.2, -0.15) is 0 Å². The molecule has 92 valence electrons. The van der Waals surface area contributed by atoms with Crippen LogP contribution in [0.3, 0.4) is 0 Å². The molecule has 1 aliphatic heterocycles. The molecule has 1 nitrogen and oxygen atoms in total. The zero-order valence-electron chi connectivity index (χ0n) is 11.1. The number of hydrogen-bond donors (Lipinski definition) is 0. The van der Waals surface area contributed by atoms with Gasteiger partial charge in [0, 0.05) is 0 Å². The molecule has 0 aliphatic carbocycles. The van der Waals surface area contributed by atoms with Crippen molar-refractivity contribution >= 4 is 0 Å². The third-order valence-electron chi connectivity index (χ3n) is 3.49. The quantitative estimate of drug-likeness (QED) is 0.547. The molecule has 0 N–H and O–H groups in total. The van der Waals surface area contributed by atoms with Crippen LogP contribution in [0.4, 0.5) is 0 Å². The number of benzene rings is 1. The minimum Gasteiger partial charge on any atom is -0.367 e. The van der Waals surface area contributed by atoms with Crippen LogP contribution < -0.4 is 0 Å². The monoisotopic (exact) mass is 230 g/mol. The summed E-state index contributed by atoms with van der Waals surface area (Å²) in [5.41, 5.74) is 3.00. The van der Waals surface area contributed by atoms with E-state index in [2.05, 4.69) is 57.2 Å². The van der Waals surface area contributed by atoms with E-state index in [1.807, 2.05) is 0 Å². The van der Waals surface area contributed by atoms with Crippen LogP contribution in [0.1, 0.15) is 39.2 Å². The first-order valence-electron chi connectivity index (χ1n) is 6.45. The molecule has 1 heteroatoms. The molecule has 1 aliphatic rings. The van der Waals surface area contributed by atoms with Crippen molar-refractivity contribution in [2.75, 3.05) is 0 Å². The lowest BCUT2D eigenvalue weighted by Crippen LogP contribution is -2.02. The summed E-state index contributed by atoms with van der Waals surface area (Å²) in [5, 5.41) is 0. The highest BCUT2D eigenvalue weighted by Gasteiger charge is 2.46. The van der Waals surface area contributed by atoms with Gasteiger partial charge >= 0.3 is 0 Å². The van der Waals surface area contributed by atoms with Gasteiger partial charge in [0.05, 0.1) is 11.7 Å². The summed E-state index contributed by atoms with van der Waals surface area (Å²) in [4.78, 5) is 0. The lowest BCUT2D eigenvalue weighted by atomic mass is 10.0. The van der Waals surface area contributed by atoms with Crippen molar-refractivity contribution in [1.82, 2.24) is 0 Å². The smallest absolute Gasteiger partial charge is 0.0892 e. The van der Waals surface area contributed by atoms with Gasteiger partial charge in [-0.25, -0.2) is 0 Å². The Hall–Kier alpha value is -1.08. The molecule has 2 rings (SSSR count). The fourth-order valence-electron chi connectivity index (χ4n) is 2.11. The minimum absolute atomic E-state index is 0.139. The van der Waals surface area contributed by atoms with Crippen LogP contribution in [0, 0.1) is 0 Å². The Balaban J connectivity index is 1.74. The van der Waals surface area contributed by atoms with E-state index in [1.54, 1.807) is 0 Å². The second-order valence-corrected chi connectivity index (χ2v) is 5.49. The molecule has 1 aromatic rings. The summed E-state index contributed by atoms with van der Waals surface area (Å²) in [5.74, 6) is 0. The number of rotatable bonds is 5. The van der Waals surface area contributed by atoms with E-state index in [1.165, 1.54) is 11.1 Å².